The number of rotatable bonds is 4. The zero-order valence-corrected chi connectivity index (χ0v) is 9.18. The van der Waals surface area contributed by atoms with E-state index < -0.39 is 0 Å². The predicted molar refractivity (Wildman–Crippen MR) is 58.0 cm³/mol. The van der Waals surface area contributed by atoms with Gasteiger partial charge in [-0.2, -0.15) is 0 Å². The number of hydrogen-bond donors (Lipinski definition) is 1. The monoisotopic (exact) mass is 184 g/mol. The van der Waals surface area contributed by atoms with Crippen LogP contribution in [0.1, 0.15) is 38.5 Å². The average Bonchev–Trinajstić information content (AvgIpc) is 2.32. The van der Waals surface area contributed by atoms with Crippen LogP contribution in [-0.4, -0.2) is 38.1 Å². The highest BCUT2D eigenvalue weighted by Gasteiger charge is 2.16. The molecule has 1 heterocycles. The maximum atomic E-state index is 3.22. The maximum absolute atomic E-state index is 3.22. The summed E-state index contributed by atoms with van der Waals surface area (Å²) in [5.74, 6) is 0. The topological polar surface area (TPSA) is 15.3 Å². The highest BCUT2D eigenvalue weighted by atomic mass is 15.1. The van der Waals surface area contributed by atoms with E-state index in [0.29, 0.717) is 0 Å². The summed E-state index contributed by atoms with van der Waals surface area (Å²) in [4.78, 5) is 2.56. The van der Waals surface area contributed by atoms with Crippen LogP contribution in [-0.2, 0) is 0 Å². The van der Waals surface area contributed by atoms with Gasteiger partial charge < -0.3 is 10.2 Å². The van der Waals surface area contributed by atoms with Crippen molar-refractivity contribution in [2.75, 3.05) is 27.2 Å². The summed E-state index contributed by atoms with van der Waals surface area (Å²) in [6.07, 6.45) is 8.39. The lowest BCUT2D eigenvalue weighted by Gasteiger charge is -2.25. The molecular formula is C11H24N2. The van der Waals surface area contributed by atoms with Crippen LogP contribution >= 0.6 is 0 Å². The first-order valence-corrected chi connectivity index (χ1v) is 5.69. The van der Waals surface area contributed by atoms with Gasteiger partial charge >= 0.3 is 0 Å². The number of nitrogens with zero attached hydrogens (tertiary/aromatic N) is 1. The van der Waals surface area contributed by atoms with Crippen molar-refractivity contribution in [3.05, 3.63) is 0 Å². The largest absolute Gasteiger partial charge is 0.320 e. The smallest absolute Gasteiger partial charge is 0.00926 e. The Bertz CT molecular complexity index is 125. The van der Waals surface area contributed by atoms with Crippen molar-refractivity contribution in [1.82, 2.24) is 10.2 Å². The molecule has 0 amide bonds. The molecule has 0 aromatic heterocycles. The molecule has 1 N–H and O–H groups in total. The lowest BCUT2D eigenvalue weighted by molar-refractivity contribution is 0.231. The number of nitrogens with one attached hydrogen (secondary N) is 1. The van der Waals surface area contributed by atoms with E-state index in [0.717, 1.165) is 6.04 Å². The first kappa shape index (κ1) is 11.0. The fraction of sp³-hybridized carbons (Fsp3) is 1.00. The van der Waals surface area contributed by atoms with Crippen molar-refractivity contribution in [2.45, 2.75) is 44.6 Å². The van der Waals surface area contributed by atoms with Gasteiger partial charge in [0.25, 0.3) is 0 Å². The molecule has 2 nitrogen and oxygen atoms in total. The molecule has 1 fully saturated rings. The average molecular weight is 184 g/mol. The Balaban J connectivity index is 2.19. The first-order valence-electron chi connectivity index (χ1n) is 5.69. The molecular weight excluding hydrogens is 160 g/mol. The summed E-state index contributed by atoms with van der Waals surface area (Å²) >= 11 is 0. The van der Waals surface area contributed by atoms with Crippen LogP contribution in [0.15, 0.2) is 0 Å². The minimum atomic E-state index is 0.857. The second kappa shape index (κ2) is 6.39. The van der Waals surface area contributed by atoms with Crippen molar-refractivity contribution < 1.29 is 0 Å². The summed E-state index contributed by atoms with van der Waals surface area (Å²) in [7, 11) is 4.33. The van der Waals surface area contributed by atoms with Crippen molar-refractivity contribution in [1.29, 1.82) is 0 Å². The maximum Gasteiger partial charge on any atom is 0.00926 e. The third kappa shape index (κ3) is 4.10. The van der Waals surface area contributed by atoms with Gasteiger partial charge in [-0.3, -0.25) is 0 Å². The van der Waals surface area contributed by atoms with E-state index in [-0.39, 0.29) is 0 Å². The molecule has 1 aliphatic heterocycles. The highest BCUT2D eigenvalue weighted by Crippen LogP contribution is 2.18. The minimum Gasteiger partial charge on any atom is -0.320 e. The Kier molecular flexibility index (Phi) is 5.40. The van der Waals surface area contributed by atoms with Gasteiger partial charge in [-0.15, -0.1) is 0 Å². The van der Waals surface area contributed by atoms with Gasteiger partial charge in [-0.1, -0.05) is 12.8 Å². The zero-order chi connectivity index (χ0) is 9.52. The van der Waals surface area contributed by atoms with E-state index in [1.54, 1.807) is 0 Å². The summed E-state index contributed by atoms with van der Waals surface area (Å²) in [5.41, 5.74) is 0. The van der Waals surface area contributed by atoms with Crippen LogP contribution in [0.2, 0.25) is 0 Å². The van der Waals surface area contributed by atoms with Crippen LogP contribution in [0.3, 0.4) is 0 Å². The lowest BCUT2D eigenvalue weighted by atomic mass is 10.1. The van der Waals surface area contributed by atoms with E-state index in [1.165, 1.54) is 51.6 Å². The van der Waals surface area contributed by atoms with E-state index in [9.17, 15) is 0 Å². The molecule has 0 aromatic carbocycles. The van der Waals surface area contributed by atoms with Crippen molar-refractivity contribution in [2.24, 2.45) is 0 Å². The quantitative estimate of drug-likeness (QED) is 0.671. The molecule has 13 heavy (non-hydrogen) atoms. The molecule has 1 aliphatic rings. The Hall–Kier alpha value is -0.0800. The molecule has 1 saturated heterocycles. The van der Waals surface area contributed by atoms with Crippen molar-refractivity contribution in [3.8, 4) is 0 Å². The standard InChI is InChI=1S/C11H24N2/c1-12-9-6-8-11-7-4-3-5-10-13(11)2/h11-12H,3-10H2,1-2H3. The SMILES string of the molecule is CNCCCC1CCCCCN1C. The van der Waals surface area contributed by atoms with Crippen LogP contribution in [0, 0.1) is 0 Å². The van der Waals surface area contributed by atoms with Crippen LogP contribution in [0.5, 0.6) is 0 Å². The Morgan fingerprint density at radius 1 is 1.31 bits per heavy atom. The Morgan fingerprint density at radius 2 is 2.15 bits per heavy atom. The molecule has 0 radical (unpaired) electrons. The van der Waals surface area contributed by atoms with Crippen LogP contribution in [0.4, 0.5) is 0 Å². The first-order chi connectivity index (χ1) is 6.34. The minimum absolute atomic E-state index is 0.857. The Morgan fingerprint density at radius 3 is 2.92 bits per heavy atom. The number of likely N-dealkylation sites (tertiary alicyclic amines) is 1. The third-order valence-electron chi connectivity index (χ3n) is 3.14. The summed E-state index contributed by atoms with van der Waals surface area (Å²) in [6.45, 7) is 2.48. The number of hydrogen-bond acceptors (Lipinski definition) is 2. The fourth-order valence-electron chi connectivity index (χ4n) is 2.20. The van der Waals surface area contributed by atoms with E-state index >= 15 is 0 Å². The fourth-order valence-corrected chi connectivity index (χ4v) is 2.20. The normalized spacial score (nSPS) is 25.8. The molecule has 0 bridgehead atoms. The van der Waals surface area contributed by atoms with Crippen molar-refractivity contribution >= 4 is 0 Å². The molecule has 0 aliphatic carbocycles. The van der Waals surface area contributed by atoms with Gasteiger partial charge in [0.05, 0.1) is 0 Å². The molecule has 1 rings (SSSR count). The molecule has 0 spiro atoms. The third-order valence-corrected chi connectivity index (χ3v) is 3.14. The molecule has 1 unspecified atom stereocenters. The molecule has 78 valence electrons. The van der Waals surface area contributed by atoms with Gasteiger partial charge in [0.2, 0.25) is 0 Å². The van der Waals surface area contributed by atoms with E-state index in [2.05, 4.69) is 17.3 Å². The van der Waals surface area contributed by atoms with Gasteiger partial charge in [-0.25, -0.2) is 0 Å². The second-order valence-electron chi connectivity index (χ2n) is 4.23. The summed E-state index contributed by atoms with van der Waals surface area (Å²) in [5, 5.41) is 3.22. The molecule has 0 saturated carbocycles. The second-order valence-corrected chi connectivity index (χ2v) is 4.23. The molecule has 0 aromatic rings. The zero-order valence-electron chi connectivity index (χ0n) is 9.18. The van der Waals surface area contributed by atoms with Gasteiger partial charge in [0, 0.05) is 6.04 Å². The molecule has 1 atom stereocenters. The van der Waals surface area contributed by atoms with Gasteiger partial charge in [0.1, 0.15) is 0 Å². The lowest BCUT2D eigenvalue weighted by Crippen LogP contribution is -2.31. The Labute approximate surface area is 82.7 Å². The van der Waals surface area contributed by atoms with Crippen molar-refractivity contribution in [3.63, 3.8) is 0 Å². The van der Waals surface area contributed by atoms with Gasteiger partial charge in [0.15, 0.2) is 0 Å². The van der Waals surface area contributed by atoms with Gasteiger partial charge in [-0.05, 0) is 52.9 Å². The molecule has 2 heteroatoms. The highest BCUT2D eigenvalue weighted by molar-refractivity contribution is 4.72. The van der Waals surface area contributed by atoms with E-state index in [1.807, 2.05) is 7.05 Å². The van der Waals surface area contributed by atoms with E-state index in [4.69, 9.17) is 0 Å². The predicted octanol–water partition coefficient (Wildman–Crippen LogP) is 1.86. The summed E-state index contributed by atoms with van der Waals surface area (Å²) in [6, 6.07) is 0.857. The van der Waals surface area contributed by atoms with Crippen LogP contribution in [0.25, 0.3) is 0 Å². The summed E-state index contributed by atoms with van der Waals surface area (Å²) < 4.78 is 0. The van der Waals surface area contributed by atoms with Crippen LogP contribution < -0.4 is 5.32 Å².